The van der Waals surface area contributed by atoms with Crippen LogP contribution in [0.15, 0.2) is 109 Å². The van der Waals surface area contributed by atoms with Gasteiger partial charge in [0.05, 0.1) is 0 Å². The molecule has 0 amide bonds. The first-order valence-electron chi connectivity index (χ1n) is 29.0. The molecule has 0 N–H and O–H groups in total. The van der Waals surface area contributed by atoms with E-state index in [9.17, 15) is 14.4 Å². The topological polar surface area (TPSA) is 78.9 Å². The van der Waals surface area contributed by atoms with Gasteiger partial charge in [0.2, 0.25) is 0 Å². The van der Waals surface area contributed by atoms with Gasteiger partial charge in [-0.3, -0.25) is 14.4 Å². The average molecular weight is 972 g/mol. The molecule has 6 nitrogen and oxygen atoms in total. The summed E-state index contributed by atoms with van der Waals surface area (Å²) in [4.78, 5) is 38.2. The molecule has 0 aromatic heterocycles. The Kier molecular flexibility index (Phi) is 54.4. The lowest BCUT2D eigenvalue weighted by Gasteiger charge is -2.18. The van der Waals surface area contributed by atoms with Crippen LogP contribution in [0.4, 0.5) is 0 Å². The van der Waals surface area contributed by atoms with Gasteiger partial charge in [-0.05, 0) is 77.0 Å². The molecule has 0 fully saturated rings. The summed E-state index contributed by atoms with van der Waals surface area (Å²) in [6.07, 6.45) is 77.8. The van der Waals surface area contributed by atoms with Gasteiger partial charge in [-0.2, -0.15) is 0 Å². The quantitative estimate of drug-likeness (QED) is 0.0199. The third kappa shape index (κ3) is 55.0. The van der Waals surface area contributed by atoms with Gasteiger partial charge in [-0.1, -0.05) is 271 Å². The molecule has 398 valence electrons. The number of esters is 3. The van der Waals surface area contributed by atoms with Crippen LogP contribution in [0.1, 0.15) is 258 Å². The van der Waals surface area contributed by atoms with Gasteiger partial charge in [0.1, 0.15) is 13.2 Å². The summed E-state index contributed by atoms with van der Waals surface area (Å²) in [6.45, 7) is 6.42. The number of ether oxygens (including phenoxy) is 3. The van der Waals surface area contributed by atoms with E-state index in [0.717, 1.165) is 122 Å². The second-order valence-corrected chi connectivity index (χ2v) is 18.9. The highest BCUT2D eigenvalue weighted by Crippen LogP contribution is 2.15. The number of carbonyl (C=O) groups is 3. The molecule has 70 heavy (non-hydrogen) atoms. The van der Waals surface area contributed by atoms with Crippen molar-refractivity contribution in [3.05, 3.63) is 109 Å². The summed E-state index contributed by atoms with van der Waals surface area (Å²) in [6, 6.07) is 0. The Balaban J connectivity index is 4.47. The van der Waals surface area contributed by atoms with Crippen LogP contribution in [0.25, 0.3) is 0 Å². The molecule has 0 rings (SSSR count). The molecule has 0 bridgehead atoms. The molecule has 0 spiro atoms. The van der Waals surface area contributed by atoms with Gasteiger partial charge >= 0.3 is 17.9 Å². The fourth-order valence-electron chi connectivity index (χ4n) is 7.82. The van der Waals surface area contributed by atoms with Gasteiger partial charge in [0.15, 0.2) is 6.10 Å². The molecular formula is C64H106O6. The molecule has 0 heterocycles. The van der Waals surface area contributed by atoms with E-state index in [2.05, 4.69) is 106 Å². The molecule has 0 radical (unpaired) electrons. The molecule has 0 aromatic rings. The fraction of sp³-hybridized carbons (Fsp3) is 0.672. The molecule has 0 aliphatic heterocycles. The maximum Gasteiger partial charge on any atom is 0.306 e. The van der Waals surface area contributed by atoms with E-state index in [1.54, 1.807) is 0 Å². The van der Waals surface area contributed by atoms with Crippen LogP contribution in [0.3, 0.4) is 0 Å². The van der Waals surface area contributed by atoms with Crippen LogP contribution in [-0.2, 0) is 28.6 Å². The van der Waals surface area contributed by atoms with Crippen LogP contribution in [0.5, 0.6) is 0 Å². The number of unbranched alkanes of at least 4 members (excludes halogenated alkanes) is 26. The lowest BCUT2D eigenvalue weighted by Crippen LogP contribution is -2.30. The molecule has 0 aromatic carbocycles. The Morgan fingerprint density at radius 1 is 0.314 bits per heavy atom. The highest BCUT2D eigenvalue weighted by atomic mass is 16.6. The van der Waals surface area contributed by atoms with Crippen molar-refractivity contribution in [1.82, 2.24) is 0 Å². The van der Waals surface area contributed by atoms with Crippen molar-refractivity contribution in [3.8, 4) is 0 Å². The predicted molar refractivity (Wildman–Crippen MR) is 302 cm³/mol. The first-order valence-corrected chi connectivity index (χ1v) is 29.0. The standard InChI is InChI=1S/C64H106O6/c1-4-7-10-13-16-19-22-25-28-30-32-34-36-39-42-45-48-51-54-57-63(66)69-60-61(59-68-62(65)56-53-50-47-44-41-38-35-27-24-21-18-15-12-9-6-3)70-64(67)58-55-52-49-46-43-40-37-33-31-29-26-23-20-17-14-11-8-5-2/h7,10-11,14,16-17,19-20,23,25-26,28-29,31-34,37,61H,4-6,8-9,12-13,15,18,21-22,24,27,30,35-36,38-60H2,1-3H3/b10-7-,14-11-,19-16-,20-17-,26-23-,28-25-,31-29-,34-32-,37-33-. The summed E-state index contributed by atoms with van der Waals surface area (Å²) in [5, 5.41) is 0. The maximum atomic E-state index is 12.9. The van der Waals surface area contributed by atoms with Crippen molar-refractivity contribution in [2.24, 2.45) is 0 Å². The maximum absolute atomic E-state index is 12.9. The van der Waals surface area contributed by atoms with Gasteiger partial charge < -0.3 is 14.2 Å². The van der Waals surface area contributed by atoms with Crippen molar-refractivity contribution in [2.75, 3.05) is 13.2 Å². The number of rotatable bonds is 51. The predicted octanol–water partition coefficient (Wildman–Crippen LogP) is 19.5. The molecular weight excluding hydrogens is 865 g/mol. The minimum absolute atomic E-state index is 0.0930. The zero-order valence-corrected chi connectivity index (χ0v) is 45.5. The normalized spacial score (nSPS) is 12.9. The third-order valence-electron chi connectivity index (χ3n) is 12.1. The van der Waals surface area contributed by atoms with Gasteiger partial charge in [0.25, 0.3) is 0 Å². The largest absolute Gasteiger partial charge is 0.462 e. The molecule has 0 saturated carbocycles. The van der Waals surface area contributed by atoms with Crippen LogP contribution < -0.4 is 0 Å². The molecule has 6 heteroatoms. The molecule has 1 unspecified atom stereocenters. The minimum Gasteiger partial charge on any atom is -0.462 e. The van der Waals surface area contributed by atoms with E-state index >= 15 is 0 Å². The number of hydrogen-bond acceptors (Lipinski definition) is 6. The van der Waals surface area contributed by atoms with Crippen molar-refractivity contribution >= 4 is 17.9 Å². The van der Waals surface area contributed by atoms with E-state index in [-0.39, 0.29) is 31.1 Å². The van der Waals surface area contributed by atoms with Gasteiger partial charge in [-0.15, -0.1) is 0 Å². The molecule has 0 saturated heterocycles. The lowest BCUT2D eigenvalue weighted by molar-refractivity contribution is -0.167. The average Bonchev–Trinajstić information content (AvgIpc) is 3.36. The van der Waals surface area contributed by atoms with Crippen LogP contribution in [0.2, 0.25) is 0 Å². The minimum atomic E-state index is -0.799. The summed E-state index contributed by atoms with van der Waals surface area (Å²) in [5.41, 5.74) is 0. The molecule has 1 atom stereocenters. The first kappa shape index (κ1) is 66.1. The summed E-state index contributed by atoms with van der Waals surface area (Å²) >= 11 is 0. The summed E-state index contributed by atoms with van der Waals surface area (Å²) < 4.78 is 16.9. The van der Waals surface area contributed by atoms with Gasteiger partial charge in [-0.25, -0.2) is 0 Å². The second kappa shape index (κ2) is 57.6. The van der Waals surface area contributed by atoms with E-state index in [1.165, 1.54) is 96.3 Å². The van der Waals surface area contributed by atoms with E-state index < -0.39 is 6.10 Å². The molecule has 0 aliphatic carbocycles. The Morgan fingerprint density at radius 3 is 1.06 bits per heavy atom. The van der Waals surface area contributed by atoms with Crippen molar-refractivity contribution in [2.45, 2.75) is 264 Å². The Morgan fingerprint density at radius 2 is 0.643 bits per heavy atom. The fourth-order valence-corrected chi connectivity index (χ4v) is 7.82. The Bertz CT molecular complexity index is 1440. The lowest BCUT2D eigenvalue weighted by atomic mass is 10.0. The Hall–Kier alpha value is -3.93. The van der Waals surface area contributed by atoms with E-state index in [1.807, 2.05) is 24.3 Å². The first-order chi connectivity index (χ1) is 34.5. The highest BCUT2D eigenvalue weighted by molar-refractivity contribution is 5.71. The Labute approximate surface area is 431 Å². The molecule has 0 aliphatic rings. The van der Waals surface area contributed by atoms with Crippen LogP contribution >= 0.6 is 0 Å². The SMILES string of the molecule is CC/C=C\C/C=C\C/C=C\C/C=C\CCCCCCCCC(=O)OCC(COC(=O)CCCCCCCCCCCCCCCCC)OC(=O)CCCCCCC\C=C/C=C\C=C/C=C\C=C/CCC. The zero-order chi connectivity index (χ0) is 50.7. The summed E-state index contributed by atoms with van der Waals surface area (Å²) in [7, 11) is 0. The highest BCUT2D eigenvalue weighted by Gasteiger charge is 2.19. The van der Waals surface area contributed by atoms with Crippen LogP contribution in [-0.4, -0.2) is 37.2 Å². The zero-order valence-electron chi connectivity index (χ0n) is 45.5. The van der Waals surface area contributed by atoms with Crippen molar-refractivity contribution < 1.29 is 28.6 Å². The van der Waals surface area contributed by atoms with Crippen molar-refractivity contribution in [1.29, 1.82) is 0 Å². The summed E-state index contributed by atoms with van der Waals surface area (Å²) in [5.74, 6) is -0.929. The van der Waals surface area contributed by atoms with E-state index in [4.69, 9.17) is 14.2 Å². The monoisotopic (exact) mass is 971 g/mol. The van der Waals surface area contributed by atoms with E-state index in [0.29, 0.717) is 19.3 Å². The number of allylic oxidation sites excluding steroid dienone is 18. The van der Waals surface area contributed by atoms with Crippen LogP contribution in [0, 0.1) is 0 Å². The number of hydrogen-bond donors (Lipinski definition) is 0. The van der Waals surface area contributed by atoms with Crippen molar-refractivity contribution in [3.63, 3.8) is 0 Å². The number of carbonyl (C=O) groups excluding carboxylic acids is 3. The third-order valence-corrected chi connectivity index (χ3v) is 12.1. The van der Waals surface area contributed by atoms with Gasteiger partial charge in [0, 0.05) is 19.3 Å². The smallest absolute Gasteiger partial charge is 0.306 e. The second-order valence-electron chi connectivity index (χ2n) is 18.9.